The number of hydrogen-bond acceptors (Lipinski definition) is 0. The average molecular weight is 190 g/mol. The third-order valence-corrected chi connectivity index (χ3v) is 0.667. The van der Waals surface area contributed by atoms with E-state index in [9.17, 15) is 0 Å². The lowest BCUT2D eigenvalue weighted by atomic mass is 10.4. The van der Waals surface area contributed by atoms with E-state index >= 15 is 0 Å². The quantitative estimate of drug-likeness (QED) is 0.511. The second-order valence-corrected chi connectivity index (χ2v) is 1.15. The van der Waals surface area contributed by atoms with Crippen LogP contribution >= 0.6 is 0 Å². The van der Waals surface area contributed by atoms with Crippen LogP contribution in [0.2, 0.25) is 0 Å². The highest BCUT2D eigenvalue weighted by Gasteiger charge is 1.57. The Kier molecular flexibility index (Phi) is 108. The smallest absolute Gasteiger partial charge is 0.0623 e. The Morgan fingerprint density at radius 1 is 0.286 bits per heavy atom. The summed E-state index contributed by atoms with van der Waals surface area (Å²) < 4.78 is 0. The summed E-state index contributed by atoms with van der Waals surface area (Å²) in [6.07, 6.45) is 0. The van der Waals surface area contributed by atoms with Crippen LogP contribution in [0.15, 0.2) is 89.0 Å². The minimum absolute atomic E-state index is 2.00. The minimum Gasteiger partial charge on any atom is -0.106 e. The van der Waals surface area contributed by atoms with Gasteiger partial charge in [-0.05, 0) is 0 Å². The van der Waals surface area contributed by atoms with Crippen LogP contribution < -0.4 is 0 Å². The van der Waals surface area contributed by atoms with Gasteiger partial charge in [-0.25, -0.2) is 0 Å². The third-order valence-electron chi connectivity index (χ3n) is 0.667. The fourth-order valence-corrected chi connectivity index (χ4v) is 0.385. The molecule has 14 heavy (non-hydrogen) atoms. The first-order valence-electron chi connectivity index (χ1n) is 4.00. The van der Waals surface area contributed by atoms with Gasteiger partial charge in [0.25, 0.3) is 0 Å². The summed E-state index contributed by atoms with van der Waals surface area (Å²) in [5.74, 6) is 0. The second-order valence-electron chi connectivity index (χ2n) is 1.15. The van der Waals surface area contributed by atoms with E-state index in [0.717, 1.165) is 0 Å². The molecule has 0 saturated carbocycles. The van der Waals surface area contributed by atoms with Crippen molar-refractivity contribution < 1.29 is 0 Å². The molecule has 1 aromatic rings. The Balaban J connectivity index is -0.0000000542. The number of hydrogen-bond donors (Lipinski definition) is 0. The molecule has 0 fully saturated rings. The molecule has 0 amide bonds. The molecule has 0 saturated heterocycles. The Bertz CT molecular complexity index is 109. The molecule has 0 aromatic heterocycles. The summed E-state index contributed by atoms with van der Waals surface area (Å²) in [4.78, 5) is 0. The lowest BCUT2D eigenvalue weighted by Gasteiger charge is -1.69. The van der Waals surface area contributed by atoms with E-state index < -0.39 is 0 Å². The van der Waals surface area contributed by atoms with Crippen molar-refractivity contribution in [2.45, 2.75) is 0 Å². The van der Waals surface area contributed by atoms with Gasteiger partial charge in [-0.15, -0.1) is 52.6 Å². The van der Waals surface area contributed by atoms with Crippen LogP contribution in [-0.2, 0) is 0 Å². The molecule has 0 bridgehead atoms. The third kappa shape index (κ3) is 49.1. The van der Waals surface area contributed by atoms with Crippen molar-refractivity contribution in [3.05, 3.63) is 89.0 Å². The first kappa shape index (κ1) is 22.8. The molecule has 0 radical (unpaired) electrons. The molecule has 0 N–H and O–H groups in total. The lowest BCUT2D eigenvalue weighted by Crippen LogP contribution is -1.47. The molecule has 78 valence electrons. The van der Waals surface area contributed by atoms with Gasteiger partial charge in [-0.2, -0.15) is 0 Å². The van der Waals surface area contributed by atoms with Crippen LogP contribution in [0.25, 0.3) is 0 Å². The van der Waals surface area contributed by atoms with Crippen LogP contribution in [0.4, 0.5) is 0 Å². The molecule has 0 nitrogen and oxygen atoms in total. The molecule has 0 heteroatoms. The van der Waals surface area contributed by atoms with E-state index in [0.29, 0.717) is 0 Å². The molecule has 1 aromatic carbocycles. The monoisotopic (exact) mass is 190 g/mol. The van der Waals surface area contributed by atoms with E-state index in [4.69, 9.17) is 0 Å². The highest BCUT2D eigenvalue weighted by Crippen LogP contribution is 1.79. The van der Waals surface area contributed by atoms with Crippen molar-refractivity contribution in [2.75, 3.05) is 0 Å². The predicted molar refractivity (Wildman–Crippen MR) is 71.5 cm³/mol. The van der Waals surface area contributed by atoms with Gasteiger partial charge in [0.2, 0.25) is 0 Å². The molecule has 0 aliphatic carbocycles. The zero-order valence-corrected chi connectivity index (χ0v) is 9.12. The summed E-state index contributed by atoms with van der Waals surface area (Å²) >= 11 is 0. The lowest BCUT2D eigenvalue weighted by molar-refractivity contribution is 1.72. The van der Waals surface area contributed by atoms with Gasteiger partial charge in [0.1, 0.15) is 0 Å². The van der Waals surface area contributed by atoms with Crippen molar-refractivity contribution in [3.8, 4) is 0 Å². The first-order chi connectivity index (χ1) is 7.00. The van der Waals surface area contributed by atoms with Gasteiger partial charge in [-0.1, -0.05) is 36.4 Å². The summed E-state index contributed by atoms with van der Waals surface area (Å²) in [5, 5.41) is 0. The van der Waals surface area contributed by atoms with Gasteiger partial charge in [0.15, 0.2) is 0 Å². The standard InChI is InChI=1S/C6H6.4C2H4/c1-2-4-6-5-3-1;4*1-2/h1-6H;4*1-2H2. The topological polar surface area (TPSA) is 0 Å². The molecule has 0 spiro atoms. The van der Waals surface area contributed by atoms with Crippen LogP contribution in [0.1, 0.15) is 0 Å². The van der Waals surface area contributed by atoms with Gasteiger partial charge < -0.3 is 0 Å². The Labute approximate surface area is 89.6 Å². The molecule has 0 heterocycles. The van der Waals surface area contributed by atoms with E-state index in [-0.39, 0.29) is 0 Å². The minimum atomic E-state index is 2.00. The van der Waals surface area contributed by atoms with Gasteiger partial charge in [0.05, 0.1) is 0 Å². The van der Waals surface area contributed by atoms with Gasteiger partial charge in [-0.3, -0.25) is 0 Å². The van der Waals surface area contributed by atoms with Crippen molar-refractivity contribution in [2.24, 2.45) is 0 Å². The van der Waals surface area contributed by atoms with E-state index in [1.54, 1.807) is 0 Å². The van der Waals surface area contributed by atoms with Gasteiger partial charge in [0, 0.05) is 0 Å². The summed E-state index contributed by atoms with van der Waals surface area (Å²) in [6.45, 7) is 24.0. The second kappa shape index (κ2) is 66.3. The van der Waals surface area contributed by atoms with Crippen molar-refractivity contribution in [3.63, 3.8) is 0 Å². The maximum Gasteiger partial charge on any atom is -0.0623 e. The first-order valence-corrected chi connectivity index (χ1v) is 4.00. The predicted octanol–water partition coefficient (Wildman–Crippen LogP) is 4.90. The molecule has 1 rings (SSSR count). The summed E-state index contributed by atoms with van der Waals surface area (Å²) in [7, 11) is 0. The molecule has 0 unspecified atom stereocenters. The average Bonchev–Trinajstić information content (AvgIpc) is 2.41. The summed E-state index contributed by atoms with van der Waals surface area (Å²) in [5.41, 5.74) is 0. The van der Waals surface area contributed by atoms with Crippen molar-refractivity contribution in [1.82, 2.24) is 0 Å². The zero-order valence-electron chi connectivity index (χ0n) is 9.12. The van der Waals surface area contributed by atoms with Crippen molar-refractivity contribution in [1.29, 1.82) is 0 Å². The maximum atomic E-state index is 3.00. The number of benzene rings is 1. The van der Waals surface area contributed by atoms with Crippen LogP contribution in [-0.4, -0.2) is 0 Å². The van der Waals surface area contributed by atoms with Crippen LogP contribution in [0.3, 0.4) is 0 Å². The highest BCUT2D eigenvalue weighted by atomic mass is 13.6. The Morgan fingerprint density at radius 2 is 0.357 bits per heavy atom. The SMILES string of the molecule is C=C.C=C.C=C.C=C.c1ccccc1. The zero-order chi connectivity index (χ0) is 12.2. The van der Waals surface area contributed by atoms with Crippen LogP contribution in [0.5, 0.6) is 0 Å². The molecule has 0 aliphatic rings. The largest absolute Gasteiger partial charge is 0.106 e. The fraction of sp³-hybridized carbons (Fsp3) is 0. The Morgan fingerprint density at radius 3 is 0.429 bits per heavy atom. The maximum absolute atomic E-state index is 3.00. The fourth-order valence-electron chi connectivity index (χ4n) is 0.385. The highest BCUT2D eigenvalue weighted by molar-refractivity contribution is 4.99. The molecule has 0 aliphatic heterocycles. The van der Waals surface area contributed by atoms with E-state index in [1.165, 1.54) is 0 Å². The molecular weight excluding hydrogens is 168 g/mol. The van der Waals surface area contributed by atoms with E-state index in [2.05, 4.69) is 52.6 Å². The normalized spacial score (nSPS) is 4.57. The summed E-state index contributed by atoms with van der Waals surface area (Å²) in [6, 6.07) is 12.0. The molecule has 0 atom stereocenters. The van der Waals surface area contributed by atoms with Crippen LogP contribution in [0, 0.1) is 0 Å². The number of rotatable bonds is 0. The van der Waals surface area contributed by atoms with Crippen molar-refractivity contribution >= 4 is 0 Å². The van der Waals surface area contributed by atoms with Gasteiger partial charge >= 0.3 is 0 Å². The Hall–Kier alpha value is -1.82. The van der Waals surface area contributed by atoms with E-state index in [1.807, 2.05) is 36.4 Å². The molecular formula is C14H22.